The molecule has 0 spiro atoms. The Labute approximate surface area is 108 Å². The van der Waals surface area contributed by atoms with E-state index in [4.69, 9.17) is 5.73 Å². The summed E-state index contributed by atoms with van der Waals surface area (Å²) in [5, 5.41) is 0. The van der Waals surface area contributed by atoms with Crippen LogP contribution in [0.5, 0.6) is 0 Å². The molecule has 0 radical (unpaired) electrons. The van der Waals surface area contributed by atoms with Gasteiger partial charge in [0.1, 0.15) is 5.69 Å². The summed E-state index contributed by atoms with van der Waals surface area (Å²) in [5.41, 5.74) is 6.03. The summed E-state index contributed by atoms with van der Waals surface area (Å²) in [5.74, 6) is 0.0557. The van der Waals surface area contributed by atoms with Gasteiger partial charge in [-0.3, -0.25) is 4.79 Å². The number of carbonyl (C=O) groups excluding carboxylic acids is 1. The molecule has 1 aliphatic carbocycles. The van der Waals surface area contributed by atoms with Gasteiger partial charge < -0.3 is 15.2 Å². The quantitative estimate of drug-likeness (QED) is 0.855. The van der Waals surface area contributed by atoms with Crippen molar-refractivity contribution < 1.29 is 4.79 Å². The van der Waals surface area contributed by atoms with Crippen LogP contribution >= 0.6 is 0 Å². The molecule has 1 saturated carbocycles. The van der Waals surface area contributed by atoms with E-state index in [0.29, 0.717) is 24.8 Å². The summed E-state index contributed by atoms with van der Waals surface area (Å²) < 4.78 is 1.87. The van der Waals surface area contributed by atoms with Crippen molar-refractivity contribution in [3.8, 4) is 0 Å². The van der Waals surface area contributed by atoms with Crippen LogP contribution in [0.1, 0.15) is 43.1 Å². The van der Waals surface area contributed by atoms with E-state index in [2.05, 4.69) is 4.98 Å². The van der Waals surface area contributed by atoms with E-state index in [0.717, 1.165) is 19.4 Å². The molecule has 0 aromatic carbocycles. The molecule has 0 saturated heterocycles. The Morgan fingerprint density at radius 1 is 1.56 bits per heavy atom. The van der Waals surface area contributed by atoms with Gasteiger partial charge in [-0.2, -0.15) is 0 Å². The first kappa shape index (κ1) is 13.1. The zero-order valence-corrected chi connectivity index (χ0v) is 11.0. The lowest BCUT2D eigenvalue weighted by molar-refractivity contribution is 0.0688. The number of carbonyl (C=O) groups is 1. The molecule has 0 aliphatic heterocycles. The van der Waals surface area contributed by atoms with Crippen LogP contribution in [0, 0.1) is 0 Å². The molecule has 0 atom stereocenters. The molecule has 1 heterocycles. The summed E-state index contributed by atoms with van der Waals surface area (Å²) in [6, 6.07) is 0.405. The predicted octanol–water partition coefficient (Wildman–Crippen LogP) is 1.25. The average Bonchev–Trinajstić information content (AvgIpc) is 3.01. The van der Waals surface area contributed by atoms with Crippen LogP contribution in [-0.4, -0.2) is 39.5 Å². The topological polar surface area (TPSA) is 64.2 Å². The highest BCUT2D eigenvalue weighted by Gasteiger charge is 2.27. The van der Waals surface area contributed by atoms with Crippen LogP contribution in [0.2, 0.25) is 0 Å². The summed E-state index contributed by atoms with van der Waals surface area (Å²) in [6.07, 6.45) is 8.20. The van der Waals surface area contributed by atoms with E-state index in [1.165, 1.54) is 12.8 Å². The van der Waals surface area contributed by atoms with Crippen molar-refractivity contribution in [3.05, 3.63) is 18.2 Å². The second-order valence-electron chi connectivity index (χ2n) is 4.81. The molecule has 1 fully saturated rings. The Balaban J connectivity index is 2.07. The summed E-state index contributed by atoms with van der Waals surface area (Å²) in [6.45, 7) is 4.06. The average molecular weight is 250 g/mol. The number of nitrogens with two attached hydrogens (primary N) is 1. The Morgan fingerprint density at radius 2 is 2.28 bits per heavy atom. The molecular formula is C13H22N4O. The number of imidazole rings is 1. The Hall–Kier alpha value is -1.36. The monoisotopic (exact) mass is 250 g/mol. The van der Waals surface area contributed by atoms with Gasteiger partial charge in [0.2, 0.25) is 0 Å². The number of hydrogen-bond acceptors (Lipinski definition) is 3. The molecule has 1 aliphatic rings. The van der Waals surface area contributed by atoms with Gasteiger partial charge in [0, 0.05) is 31.9 Å². The zero-order valence-electron chi connectivity index (χ0n) is 11.0. The summed E-state index contributed by atoms with van der Waals surface area (Å²) >= 11 is 0. The Bertz CT molecular complexity index is 395. The van der Waals surface area contributed by atoms with Gasteiger partial charge in [0.05, 0.1) is 6.33 Å². The smallest absolute Gasteiger partial charge is 0.274 e. The number of hydrogen-bond donors (Lipinski definition) is 1. The molecule has 0 bridgehead atoms. The predicted molar refractivity (Wildman–Crippen MR) is 70.2 cm³/mol. The normalized spacial score (nSPS) is 16.1. The molecule has 5 nitrogen and oxygen atoms in total. The molecule has 0 unspecified atom stereocenters. The highest BCUT2D eigenvalue weighted by Crippen LogP contribution is 2.24. The molecular weight excluding hydrogens is 228 g/mol. The lowest BCUT2D eigenvalue weighted by atomic mass is 10.2. The second-order valence-corrected chi connectivity index (χ2v) is 4.81. The van der Waals surface area contributed by atoms with Gasteiger partial charge >= 0.3 is 0 Å². The number of aromatic nitrogens is 2. The minimum Gasteiger partial charge on any atom is -0.335 e. The van der Waals surface area contributed by atoms with Crippen LogP contribution in [0.15, 0.2) is 12.5 Å². The van der Waals surface area contributed by atoms with Crippen molar-refractivity contribution in [1.29, 1.82) is 0 Å². The van der Waals surface area contributed by atoms with Gasteiger partial charge in [0.25, 0.3) is 5.91 Å². The Kier molecular flexibility index (Phi) is 4.36. The molecule has 1 amide bonds. The van der Waals surface area contributed by atoms with E-state index in [9.17, 15) is 4.79 Å². The first-order valence-corrected chi connectivity index (χ1v) is 6.79. The van der Waals surface area contributed by atoms with Crippen molar-refractivity contribution in [2.45, 2.75) is 45.2 Å². The third kappa shape index (κ3) is 2.72. The molecule has 5 heteroatoms. The first-order chi connectivity index (χ1) is 8.76. The van der Waals surface area contributed by atoms with Gasteiger partial charge in [-0.05, 0) is 19.8 Å². The van der Waals surface area contributed by atoms with Gasteiger partial charge in [-0.15, -0.1) is 0 Å². The fraction of sp³-hybridized carbons (Fsp3) is 0.692. The first-order valence-electron chi connectivity index (χ1n) is 6.79. The SMILES string of the molecule is CCN(C(=O)c1cn(CCN)cn1)C1CCCC1. The zero-order chi connectivity index (χ0) is 13.0. The lowest BCUT2D eigenvalue weighted by Crippen LogP contribution is -2.38. The molecule has 1 aromatic rings. The van der Waals surface area contributed by atoms with Crippen molar-refractivity contribution >= 4 is 5.91 Å². The molecule has 2 rings (SSSR count). The van der Waals surface area contributed by atoms with E-state index < -0.39 is 0 Å². The van der Waals surface area contributed by atoms with E-state index in [-0.39, 0.29) is 5.91 Å². The molecule has 1 aromatic heterocycles. The molecule has 100 valence electrons. The van der Waals surface area contributed by atoms with Crippen LogP contribution in [-0.2, 0) is 6.54 Å². The van der Waals surface area contributed by atoms with Crippen LogP contribution in [0.4, 0.5) is 0 Å². The second kappa shape index (κ2) is 6.00. The number of rotatable bonds is 5. The minimum atomic E-state index is 0.0557. The van der Waals surface area contributed by atoms with E-state index in [1.807, 2.05) is 16.4 Å². The van der Waals surface area contributed by atoms with Crippen molar-refractivity contribution in [3.63, 3.8) is 0 Å². The summed E-state index contributed by atoms with van der Waals surface area (Å²) in [7, 11) is 0. The van der Waals surface area contributed by atoms with Gasteiger partial charge in [0.15, 0.2) is 0 Å². The number of nitrogens with zero attached hydrogens (tertiary/aromatic N) is 3. The fourth-order valence-electron chi connectivity index (χ4n) is 2.67. The summed E-state index contributed by atoms with van der Waals surface area (Å²) in [4.78, 5) is 18.6. The van der Waals surface area contributed by atoms with Crippen molar-refractivity contribution in [2.75, 3.05) is 13.1 Å². The maximum Gasteiger partial charge on any atom is 0.274 e. The molecule has 18 heavy (non-hydrogen) atoms. The van der Waals surface area contributed by atoms with Crippen molar-refractivity contribution in [1.82, 2.24) is 14.5 Å². The van der Waals surface area contributed by atoms with E-state index in [1.54, 1.807) is 12.5 Å². The largest absolute Gasteiger partial charge is 0.335 e. The maximum absolute atomic E-state index is 12.4. The van der Waals surface area contributed by atoms with Gasteiger partial charge in [-0.1, -0.05) is 12.8 Å². The lowest BCUT2D eigenvalue weighted by Gasteiger charge is -2.26. The van der Waals surface area contributed by atoms with Gasteiger partial charge in [-0.25, -0.2) is 4.98 Å². The van der Waals surface area contributed by atoms with Crippen LogP contribution in [0.3, 0.4) is 0 Å². The third-order valence-electron chi connectivity index (χ3n) is 3.61. The van der Waals surface area contributed by atoms with Crippen molar-refractivity contribution in [2.24, 2.45) is 5.73 Å². The third-order valence-corrected chi connectivity index (χ3v) is 3.61. The van der Waals surface area contributed by atoms with Crippen LogP contribution < -0.4 is 5.73 Å². The minimum absolute atomic E-state index is 0.0557. The highest BCUT2D eigenvalue weighted by molar-refractivity contribution is 5.92. The van der Waals surface area contributed by atoms with E-state index >= 15 is 0 Å². The fourth-order valence-corrected chi connectivity index (χ4v) is 2.67. The highest BCUT2D eigenvalue weighted by atomic mass is 16.2. The molecule has 2 N–H and O–H groups in total. The van der Waals surface area contributed by atoms with Crippen LogP contribution in [0.25, 0.3) is 0 Å². The maximum atomic E-state index is 12.4. The standard InChI is InChI=1S/C13H22N4O/c1-2-17(11-5-3-4-6-11)13(18)12-9-16(8-7-14)10-15-12/h9-11H,2-8,14H2,1H3. The number of amides is 1. The Morgan fingerprint density at radius 3 is 2.89 bits per heavy atom.